The van der Waals surface area contributed by atoms with Gasteiger partial charge in [0.05, 0.1) is 11.6 Å². The van der Waals surface area contributed by atoms with Crippen molar-refractivity contribution in [3.63, 3.8) is 0 Å². The number of rotatable bonds is 3. The monoisotopic (exact) mass is 276 g/mol. The predicted octanol–water partition coefficient (Wildman–Crippen LogP) is 1.70. The first-order valence-corrected chi connectivity index (χ1v) is 7.21. The Morgan fingerprint density at radius 3 is 2.35 bits per heavy atom. The van der Waals surface area contributed by atoms with E-state index in [2.05, 4.69) is 0 Å². The van der Waals surface area contributed by atoms with E-state index in [4.69, 9.17) is 5.73 Å². The van der Waals surface area contributed by atoms with Crippen LogP contribution in [0.15, 0.2) is 30.3 Å². The first-order chi connectivity index (χ1) is 9.39. The molecule has 1 aromatic carbocycles. The number of benzene rings is 1. The fraction of sp³-hybridized carbons (Fsp3) is 0.562. The molecule has 0 aromatic heterocycles. The van der Waals surface area contributed by atoms with Crippen molar-refractivity contribution < 1.29 is 9.90 Å². The Hall–Kier alpha value is -1.39. The van der Waals surface area contributed by atoms with Gasteiger partial charge in [0.1, 0.15) is 0 Å². The average Bonchev–Trinajstić information content (AvgIpc) is 2.46. The van der Waals surface area contributed by atoms with E-state index in [0.717, 1.165) is 18.4 Å². The molecule has 1 atom stereocenters. The highest BCUT2D eigenvalue weighted by atomic mass is 16.3. The van der Waals surface area contributed by atoms with Crippen molar-refractivity contribution in [3.05, 3.63) is 35.9 Å². The van der Waals surface area contributed by atoms with Crippen LogP contribution in [0.3, 0.4) is 0 Å². The summed E-state index contributed by atoms with van der Waals surface area (Å²) in [5.74, 6) is 0.201. The van der Waals surface area contributed by atoms with Crippen LogP contribution in [0, 0.1) is 5.92 Å². The van der Waals surface area contributed by atoms with Crippen LogP contribution in [-0.2, 0) is 4.79 Å². The van der Waals surface area contributed by atoms with Gasteiger partial charge in [-0.15, -0.1) is 0 Å². The van der Waals surface area contributed by atoms with Gasteiger partial charge in [0.25, 0.3) is 0 Å². The maximum Gasteiger partial charge on any atom is 0.242 e. The van der Waals surface area contributed by atoms with E-state index < -0.39 is 11.6 Å². The second-order valence-corrected chi connectivity index (χ2v) is 6.21. The maximum atomic E-state index is 12.1. The molecule has 4 heteroatoms. The molecule has 1 heterocycles. The summed E-state index contributed by atoms with van der Waals surface area (Å²) in [7, 11) is 0. The van der Waals surface area contributed by atoms with Gasteiger partial charge in [-0.1, -0.05) is 30.3 Å². The van der Waals surface area contributed by atoms with Crippen molar-refractivity contribution in [1.82, 2.24) is 4.90 Å². The molecule has 0 aliphatic carbocycles. The number of piperidine rings is 1. The number of nitrogens with two attached hydrogens (primary N) is 1. The summed E-state index contributed by atoms with van der Waals surface area (Å²) >= 11 is 0. The van der Waals surface area contributed by atoms with Crippen molar-refractivity contribution in [2.45, 2.75) is 38.3 Å². The largest absolute Gasteiger partial charge is 0.388 e. The first kappa shape index (κ1) is 15.0. The molecule has 0 radical (unpaired) electrons. The zero-order valence-electron chi connectivity index (χ0n) is 12.2. The Bertz CT molecular complexity index is 445. The normalized spacial score (nSPS) is 18.9. The van der Waals surface area contributed by atoms with Crippen molar-refractivity contribution in [3.8, 4) is 0 Å². The smallest absolute Gasteiger partial charge is 0.242 e. The number of likely N-dealkylation sites (tertiary alicyclic amines) is 1. The van der Waals surface area contributed by atoms with Gasteiger partial charge in [-0.05, 0) is 38.2 Å². The van der Waals surface area contributed by atoms with E-state index in [1.54, 1.807) is 13.8 Å². The van der Waals surface area contributed by atoms with Gasteiger partial charge >= 0.3 is 0 Å². The maximum absolute atomic E-state index is 12.1. The van der Waals surface area contributed by atoms with Crippen LogP contribution in [0.1, 0.15) is 38.4 Å². The SMILES string of the molecule is CC(C)(N)C(=O)N1CCC(C(O)c2ccccc2)CC1. The van der Waals surface area contributed by atoms with Crippen molar-refractivity contribution in [2.24, 2.45) is 11.7 Å². The summed E-state index contributed by atoms with van der Waals surface area (Å²) in [5.41, 5.74) is 6.00. The summed E-state index contributed by atoms with van der Waals surface area (Å²) in [5, 5.41) is 10.4. The lowest BCUT2D eigenvalue weighted by Gasteiger charge is -2.37. The van der Waals surface area contributed by atoms with Crippen LogP contribution in [0.25, 0.3) is 0 Å². The number of aliphatic hydroxyl groups is 1. The molecule has 1 fully saturated rings. The van der Waals surface area contributed by atoms with Crippen LogP contribution in [0.4, 0.5) is 0 Å². The van der Waals surface area contributed by atoms with E-state index in [9.17, 15) is 9.90 Å². The zero-order valence-corrected chi connectivity index (χ0v) is 12.2. The molecule has 1 aliphatic heterocycles. The number of hydrogen-bond donors (Lipinski definition) is 2. The Balaban J connectivity index is 1.93. The number of hydrogen-bond acceptors (Lipinski definition) is 3. The minimum atomic E-state index is -0.815. The second kappa shape index (κ2) is 5.94. The van der Waals surface area contributed by atoms with Gasteiger partial charge in [0.15, 0.2) is 0 Å². The molecule has 0 saturated carbocycles. The highest BCUT2D eigenvalue weighted by Crippen LogP contribution is 2.31. The fourth-order valence-corrected chi connectivity index (χ4v) is 2.75. The summed E-state index contributed by atoms with van der Waals surface area (Å²) in [4.78, 5) is 13.9. The van der Waals surface area contributed by atoms with Crippen LogP contribution >= 0.6 is 0 Å². The molecule has 1 aliphatic rings. The van der Waals surface area contributed by atoms with Crippen LogP contribution < -0.4 is 5.73 Å². The lowest BCUT2D eigenvalue weighted by Crippen LogP contribution is -2.53. The number of amides is 1. The Morgan fingerprint density at radius 1 is 1.30 bits per heavy atom. The van der Waals surface area contributed by atoms with Crippen LogP contribution in [-0.4, -0.2) is 34.5 Å². The summed E-state index contributed by atoms with van der Waals surface area (Å²) < 4.78 is 0. The molecule has 0 bridgehead atoms. The van der Waals surface area contributed by atoms with Gasteiger partial charge in [0.2, 0.25) is 5.91 Å². The summed E-state index contributed by atoms with van der Waals surface area (Å²) in [6, 6.07) is 9.72. The van der Waals surface area contributed by atoms with Crippen LogP contribution in [0.2, 0.25) is 0 Å². The lowest BCUT2D eigenvalue weighted by atomic mass is 9.87. The molecular formula is C16H24N2O2. The minimum absolute atomic E-state index is 0.00912. The highest BCUT2D eigenvalue weighted by Gasteiger charge is 2.32. The quantitative estimate of drug-likeness (QED) is 0.883. The Labute approximate surface area is 120 Å². The molecule has 1 unspecified atom stereocenters. The summed E-state index contributed by atoms with van der Waals surface area (Å²) in [6.45, 7) is 4.82. The van der Waals surface area contributed by atoms with Gasteiger partial charge in [0, 0.05) is 13.1 Å². The Morgan fingerprint density at radius 2 is 1.85 bits per heavy atom. The Kier molecular flexibility index (Phi) is 4.45. The van der Waals surface area contributed by atoms with Gasteiger partial charge in [-0.25, -0.2) is 0 Å². The van der Waals surface area contributed by atoms with E-state index in [1.165, 1.54) is 0 Å². The third-order valence-electron chi connectivity index (χ3n) is 3.97. The fourth-order valence-electron chi connectivity index (χ4n) is 2.75. The molecule has 20 heavy (non-hydrogen) atoms. The molecule has 0 spiro atoms. The molecule has 3 N–H and O–H groups in total. The van der Waals surface area contributed by atoms with E-state index in [0.29, 0.717) is 13.1 Å². The molecule has 1 aromatic rings. The molecule has 110 valence electrons. The van der Waals surface area contributed by atoms with Crippen LogP contribution in [0.5, 0.6) is 0 Å². The minimum Gasteiger partial charge on any atom is -0.388 e. The number of carbonyl (C=O) groups is 1. The van der Waals surface area contributed by atoms with E-state index in [-0.39, 0.29) is 11.8 Å². The second-order valence-electron chi connectivity index (χ2n) is 6.21. The van der Waals surface area contributed by atoms with Crippen molar-refractivity contribution in [2.75, 3.05) is 13.1 Å². The average molecular weight is 276 g/mol. The van der Waals surface area contributed by atoms with E-state index >= 15 is 0 Å². The topological polar surface area (TPSA) is 66.6 Å². The molecular weight excluding hydrogens is 252 g/mol. The third-order valence-corrected chi connectivity index (χ3v) is 3.97. The number of aliphatic hydroxyl groups excluding tert-OH is 1. The standard InChI is InChI=1S/C16H24N2O2/c1-16(2,17)15(20)18-10-8-13(9-11-18)14(19)12-6-4-3-5-7-12/h3-7,13-14,19H,8-11,17H2,1-2H3. The molecule has 1 amide bonds. The molecule has 2 rings (SSSR count). The predicted molar refractivity (Wildman–Crippen MR) is 79.0 cm³/mol. The van der Waals surface area contributed by atoms with Gasteiger partial charge < -0.3 is 15.7 Å². The third kappa shape index (κ3) is 3.38. The molecule has 1 saturated heterocycles. The highest BCUT2D eigenvalue weighted by molar-refractivity contribution is 5.85. The number of carbonyl (C=O) groups excluding carboxylic acids is 1. The van der Waals surface area contributed by atoms with Gasteiger partial charge in [-0.3, -0.25) is 4.79 Å². The molecule has 4 nitrogen and oxygen atoms in total. The zero-order chi connectivity index (χ0) is 14.8. The first-order valence-electron chi connectivity index (χ1n) is 7.21. The van der Waals surface area contributed by atoms with E-state index in [1.807, 2.05) is 35.2 Å². The number of nitrogens with zero attached hydrogens (tertiary/aromatic N) is 1. The van der Waals surface area contributed by atoms with Crippen molar-refractivity contribution >= 4 is 5.91 Å². The van der Waals surface area contributed by atoms with Gasteiger partial charge in [-0.2, -0.15) is 0 Å². The lowest BCUT2D eigenvalue weighted by molar-refractivity contribution is -0.137. The van der Waals surface area contributed by atoms with Crippen molar-refractivity contribution in [1.29, 1.82) is 0 Å². The summed E-state index contributed by atoms with van der Waals surface area (Å²) in [6.07, 6.45) is 1.19.